The third kappa shape index (κ3) is 5.25. The van der Waals surface area contributed by atoms with Crippen molar-refractivity contribution in [3.05, 3.63) is 16.6 Å². The van der Waals surface area contributed by atoms with Crippen molar-refractivity contribution < 1.29 is 9.53 Å². The van der Waals surface area contributed by atoms with Gasteiger partial charge in [-0.15, -0.1) is 11.3 Å². The first kappa shape index (κ1) is 17.2. The van der Waals surface area contributed by atoms with E-state index in [1.165, 1.54) is 5.01 Å². The summed E-state index contributed by atoms with van der Waals surface area (Å²) in [7, 11) is 0. The number of nitrogens with zero attached hydrogens (tertiary/aromatic N) is 2. The predicted octanol–water partition coefficient (Wildman–Crippen LogP) is 3.44. The highest BCUT2D eigenvalue weighted by Crippen LogP contribution is 2.27. The van der Waals surface area contributed by atoms with Crippen molar-refractivity contribution in [1.82, 2.24) is 15.2 Å². The van der Waals surface area contributed by atoms with E-state index < -0.39 is 5.60 Å². The molecule has 124 valence electrons. The van der Waals surface area contributed by atoms with Gasteiger partial charge in [0.25, 0.3) is 0 Å². The molecule has 1 amide bonds. The van der Waals surface area contributed by atoms with Crippen LogP contribution >= 0.6 is 11.3 Å². The number of hydrogen-bond donors (Lipinski definition) is 1. The van der Waals surface area contributed by atoms with Gasteiger partial charge < -0.3 is 10.1 Å². The Morgan fingerprint density at radius 2 is 2.36 bits per heavy atom. The van der Waals surface area contributed by atoms with Crippen LogP contribution < -0.4 is 5.32 Å². The standard InChI is InChI=1S/C16H27N3O2S/c1-12(14-17-7-9-22-14)19-8-5-6-13(11-19)10-18-15(20)21-16(2,3)4/h7,9,12-13H,5-6,8,10-11H2,1-4H3,(H,18,20)/t12-,13+/m0/s1. The van der Waals surface area contributed by atoms with Gasteiger partial charge in [0.2, 0.25) is 0 Å². The number of likely N-dealkylation sites (tertiary alicyclic amines) is 1. The van der Waals surface area contributed by atoms with E-state index in [2.05, 4.69) is 22.1 Å². The van der Waals surface area contributed by atoms with E-state index in [-0.39, 0.29) is 6.09 Å². The number of rotatable bonds is 4. The number of hydrogen-bond acceptors (Lipinski definition) is 5. The molecule has 0 unspecified atom stereocenters. The largest absolute Gasteiger partial charge is 0.444 e. The van der Waals surface area contributed by atoms with Gasteiger partial charge in [-0.2, -0.15) is 0 Å². The Labute approximate surface area is 137 Å². The second-order valence-corrected chi connectivity index (χ2v) is 7.86. The van der Waals surface area contributed by atoms with E-state index >= 15 is 0 Å². The lowest BCUT2D eigenvalue weighted by Gasteiger charge is -2.36. The van der Waals surface area contributed by atoms with Crippen molar-refractivity contribution in [3.8, 4) is 0 Å². The fourth-order valence-electron chi connectivity index (χ4n) is 2.75. The van der Waals surface area contributed by atoms with Crippen LogP contribution in [0, 0.1) is 5.92 Å². The number of nitrogens with one attached hydrogen (secondary N) is 1. The minimum absolute atomic E-state index is 0.322. The molecule has 1 N–H and O–H groups in total. The van der Waals surface area contributed by atoms with E-state index in [1.54, 1.807) is 11.3 Å². The Morgan fingerprint density at radius 3 is 3.00 bits per heavy atom. The first-order valence-corrected chi connectivity index (χ1v) is 8.83. The maximum absolute atomic E-state index is 11.7. The first-order chi connectivity index (χ1) is 10.3. The van der Waals surface area contributed by atoms with Crippen molar-refractivity contribution >= 4 is 17.4 Å². The average molecular weight is 325 g/mol. The molecule has 1 aromatic rings. The molecule has 2 heterocycles. The van der Waals surface area contributed by atoms with Crippen LogP contribution in [0.1, 0.15) is 51.6 Å². The average Bonchev–Trinajstić information content (AvgIpc) is 2.97. The molecule has 0 bridgehead atoms. The molecule has 1 aliphatic heterocycles. The number of thiazole rings is 1. The lowest BCUT2D eigenvalue weighted by Crippen LogP contribution is -2.43. The highest BCUT2D eigenvalue weighted by Gasteiger charge is 2.26. The highest BCUT2D eigenvalue weighted by molar-refractivity contribution is 7.09. The Hall–Kier alpha value is -1.14. The van der Waals surface area contributed by atoms with Gasteiger partial charge in [-0.1, -0.05) is 0 Å². The minimum Gasteiger partial charge on any atom is -0.444 e. The maximum atomic E-state index is 11.7. The van der Waals surface area contributed by atoms with Crippen molar-refractivity contribution in [2.75, 3.05) is 19.6 Å². The summed E-state index contributed by atoms with van der Waals surface area (Å²) in [5, 5.41) is 6.09. The fourth-order valence-corrected chi connectivity index (χ4v) is 3.48. The summed E-state index contributed by atoms with van der Waals surface area (Å²) in [6, 6.07) is 0.351. The molecular weight excluding hydrogens is 298 g/mol. The van der Waals surface area contributed by atoms with E-state index in [0.29, 0.717) is 18.5 Å². The summed E-state index contributed by atoms with van der Waals surface area (Å²) in [5.41, 5.74) is -0.442. The molecule has 1 saturated heterocycles. The summed E-state index contributed by atoms with van der Waals surface area (Å²) in [6.07, 6.45) is 3.85. The third-order valence-electron chi connectivity index (χ3n) is 3.84. The Bertz CT molecular complexity index is 470. The fraction of sp³-hybridized carbons (Fsp3) is 0.750. The molecule has 22 heavy (non-hydrogen) atoms. The number of aromatic nitrogens is 1. The van der Waals surface area contributed by atoms with Crippen LogP contribution in [-0.2, 0) is 4.74 Å². The van der Waals surface area contributed by atoms with Crippen LogP contribution in [0.5, 0.6) is 0 Å². The normalized spacial score (nSPS) is 21.4. The topological polar surface area (TPSA) is 54.5 Å². The van der Waals surface area contributed by atoms with Gasteiger partial charge in [-0.25, -0.2) is 9.78 Å². The molecule has 1 aromatic heterocycles. The lowest BCUT2D eigenvalue weighted by atomic mass is 9.97. The van der Waals surface area contributed by atoms with Crippen LogP contribution in [0.4, 0.5) is 4.79 Å². The molecular formula is C16H27N3O2S. The SMILES string of the molecule is C[C@@H](c1nccs1)N1CCC[C@H](CNC(=O)OC(C)(C)C)C1. The minimum atomic E-state index is -0.442. The van der Waals surface area contributed by atoms with Gasteiger partial charge >= 0.3 is 6.09 Å². The van der Waals surface area contributed by atoms with Gasteiger partial charge in [0, 0.05) is 24.7 Å². The third-order valence-corrected chi connectivity index (χ3v) is 4.79. The molecule has 0 aliphatic carbocycles. The van der Waals surface area contributed by atoms with E-state index in [0.717, 1.165) is 25.9 Å². The maximum Gasteiger partial charge on any atom is 0.407 e. The quantitative estimate of drug-likeness (QED) is 0.921. The molecule has 5 nitrogen and oxygen atoms in total. The number of alkyl carbamates (subject to hydrolysis) is 1. The molecule has 0 radical (unpaired) electrons. The van der Waals surface area contributed by atoms with Crippen LogP contribution in [0.3, 0.4) is 0 Å². The zero-order valence-corrected chi connectivity index (χ0v) is 14.8. The summed E-state index contributed by atoms with van der Waals surface area (Å²) in [6.45, 7) is 10.6. The summed E-state index contributed by atoms with van der Waals surface area (Å²) in [4.78, 5) is 18.6. The van der Waals surface area contributed by atoms with Crippen molar-refractivity contribution in [2.45, 2.75) is 52.2 Å². The summed E-state index contributed by atoms with van der Waals surface area (Å²) in [5.74, 6) is 0.476. The van der Waals surface area contributed by atoms with E-state index in [4.69, 9.17) is 4.74 Å². The predicted molar refractivity (Wildman–Crippen MR) is 89.1 cm³/mol. The smallest absolute Gasteiger partial charge is 0.407 e. The van der Waals surface area contributed by atoms with Crippen LogP contribution in [0.25, 0.3) is 0 Å². The molecule has 1 fully saturated rings. The van der Waals surface area contributed by atoms with Crippen LogP contribution in [0.15, 0.2) is 11.6 Å². The summed E-state index contributed by atoms with van der Waals surface area (Å²) >= 11 is 1.71. The number of carbonyl (C=O) groups is 1. The Kier molecular flexibility index (Phi) is 5.81. The second kappa shape index (κ2) is 7.42. The van der Waals surface area contributed by atoms with E-state index in [9.17, 15) is 4.79 Å². The number of piperidine rings is 1. The van der Waals surface area contributed by atoms with Gasteiger partial charge in [0.05, 0.1) is 6.04 Å². The van der Waals surface area contributed by atoms with Crippen LogP contribution in [0.2, 0.25) is 0 Å². The number of ether oxygens (including phenoxy) is 1. The van der Waals surface area contributed by atoms with Crippen LogP contribution in [-0.4, -0.2) is 41.2 Å². The molecule has 0 spiro atoms. The molecule has 0 aromatic carbocycles. The monoisotopic (exact) mass is 325 g/mol. The summed E-state index contributed by atoms with van der Waals surface area (Å²) < 4.78 is 5.29. The second-order valence-electron chi connectivity index (χ2n) is 6.93. The van der Waals surface area contributed by atoms with Gasteiger partial charge in [0.15, 0.2) is 0 Å². The van der Waals surface area contributed by atoms with Crippen molar-refractivity contribution in [3.63, 3.8) is 0 Å². The van der Waals surface area contributed by atoms with E-state index in [1.807, 2.05) is 32.3 Å². The number of carbonyl (C=O) groups excluding carboxylic acids is 1. The lowest BCUT2D eigenvalue weighted by molar-refractivity contribution is 0.0501. The number of amides is 1. The highest BCUT2D eigenvalue weighted by atomic mass is 32.1. The first-order valence-electron chi connectivity index (χ1n) is 7.95. The van der Waals surface area contributed by atoms with Gasteiger partial charge in [-0.3, -0.25) is 4.90 Å². The van der Waals surface area contributed by atoms with Gasteiger partial charge in [0.1, 0.15) is 10.6 Å². The molecule has 1 aliphatic rings. The van der Waals surface area contributed by atoms with Crippen molar-refractivity contribution in [1.29, 1.82) is 0 Å². The zero-order chi connectivity index (χ0) is 16.2. The zero-order valence-electron chi connectivity index (χ0n) is 14.0. The Morgan fingerprint density at radius 1 is 1.59 bits per heavy atom. The molecule has 2 atom stereocenters. The van der Waals surface area contributed by atoms with Gasteiger partial charge in [-0.05, 0) is 53.0 Å². The molecule has 2 rings (SSSR count). The van der Waals surface area contributed by atoms with Crippen molar-refractivity contribution in [2.24, 2.45) is 5.92 Å². The molecule has 6 heteroatoms. The molecule has 0 saturated carbocycles. The Balaban J connectivity index is 1.80.